The number of ether oxygens (including phenoxy) is 1. The zero-order valence-electron chi connectivity index (χ0n) is 9.46. The van der Waals surface area contributed by atoms with E-state index in [-0.39, 0.29) is 18.7 Å². The molecule has 18 heavy (non-hydrogen) atoms. The van der Waals surface area contributed by atoms with E-state index < -0.39 is 18.7 Å². The van der Waals surface area contributed by atoms with Crippen LogP contribution in [-0.2, 0) is 4.74 Å². The van der Waals surface area contributed by atoms with Gasteiger partial charge in [-0.3, -0.25) is 4.79 Å². The lowest BCUT2D eigenvalue weighted by Gasteiger charge is -2.09. The predicted octanol–water partition coefficient (Wildman–Crippen LogP) is 1.58. The lowest BCUT2D eigenvalue weighted by atomic mass is 10.2. The number of hydrogen-bond acceptors (Lipinski definition) is 3. The number of halogens is 3. The van der Waals surface area contributed by atoms with Crippen molar-refractivity contribution in [3.05, 3.63) is 29.8 Å². The van der Waals surface area contributed by atoms with Crippen LogP contribution in [0.3, 0.4) is 0 Å². The Morgan fingerprint density at radius 1 is 1.33 bits per heavy atom. The fourth-order valence-electron chi connectivity index (χ4n) is 1.22. The second-order valence-electron chi connectivity index (χ2n) is 3.51. The van der Waals surface area contributed by atoms with E-state index >= 15 is 0 Å². The highest BCUT2D eigenvalue weighted by atomic mass is 19.4. The van der Waals surface area contributed by atoms with Gasteiger partial charge in [0.1, 0.15) is 6.61 Å². The number of carbonyl (C=O) groups excluding carboxylic acids is 1. The number of benzene rings is 1. The summed E-state index contributed by atoms with van der Waals surface area (Å²) in [6.07, 6.45) is -4.35. The molecule has 0 spiro atoms. The summed E-state index contributed by atoms with van der Waals surface area (Å²) in [7, 11) is 0. The first-order valence-electron chi connectivity index (χ1n) is 5.17. The smallest absolute Gasteiger partial charge is 0.398 e. The average Bonchev–Trinajstić information content (AvgIpc) is 2.27. The molecule has 3 N–H and O–H groups in total. The molecule has 100 valence electrons. The Hall–Kier alpha value is -1.76. The second kappa shape index (κ2) is 6.25. The Morgan fingerprint density at radius 2 is 2.00 bits per heavy atom. The number of para-hydroxylation sites is 1. The van der Waals surface area contributed by atoms with Gasteiger partial charge in [0, 0.05) is 12.2 Å². The molecule has 0 fully saturated rings. The minimum atomic E-state index is -4.35. The summed E-state index contributed by atoms with van der Waals surface area (Å²) in [4.78, 5) is 11.6. The number of alkyl halides is 3. The molecule has 1 amide bonds. The van der Waals surface area contributed by atoms with Gasteiger partial charge in [-0.15, -0.1) is 0 Å². The van der Waals surface area contributed by atoms with Crippen molar-refractivity contribution in [3.8, 4) is 0 Å². The maximum Gasteiger partial charge on any atom is 0.411 e. The highest BCUT2D eigenvalue weighted by Gasteiger charge is 2.27. The van der Waals surface area contributed by atoms with Gasteiger partial charge in [0.25, 0.3) is 5.91 Å². The molecule has 0 saturated heterocycles. The van der Waals surface area contributed by atoms with Gasteiger partial charge in [-0.1, -0.05) is 12.1 Å². The Balaban J connectivity index is 2.28. The van der Waals surface area contributed by atoms with Gasteiger partial charge in [-0.25, -0.2) is 0 Å². The van der Waals surface area contributed by atoms with Crippen molar-refractivity contribution in [1.29, 1.82) is 0 Å². The summed E-state index contributed by atoms with van der Waals surface area (Å²) >= 11 is 0. The molecular formula is C11H13F3N2O2. The monoisotopic (exact) mass is 262 g/mol. The van der Waals surface area contributed by atoms with E-state index in [0.717, 1.165) is 0 Å². The molecule has 1 rings (SSSR count). The number of anilines is 1. The van der Waals surface area contributed by atoms with Gasteiger partial charge < -0.3 is 15.8 Å². The van der Waals surface area contributed by atoms with Crippen LogP contribution in [0.15, 0.2) is 24.3 Å². The maximum atomic E-state index is 11.7. The lowest BCUT2D eigenvalue weighted by molar-refractivity contribution is -0.173. The van der Waals surface area contributed by atoms with Crippen molar-refractivity contribution in [2.75, 3.05) is 25.5 Å². The van der Waals surface area contributed by atoms with Crippen LogP contribution in [0.1, 0.15) is 10.4 Å². The van der Waals surface area contributed by atoms with Crippen LogP contribution in [0, 0.1) is 0 Å². The lowest BCUT2D eigenvalue weighted by Crippen LogP contribution is -2.29. The summed E-state index contributed by atoms with van der Waals surface area (Å²) in [5.74, 6) is -0.441. The standard InChI is InChI=1S/C11H13F3N2O2/c12-11(13,14)7-18-6-5-16-10(17)8-3-1-2-4-9(8)15/h1-4H,5-7,15H2,(H,16,17). The predicted molar refractivity (Wildman–Crippen MR) is 60.1 cm³/mol. The average molecular weight is 262 g/mol. The van der Waals surface area contributed by atoms with Crippen molar-refractivity contribution in [2.24, 2.45) is 0 Å². The summed E-state index contributed by atoms with van der Waals surface area (Å²) in [6.45, 7) is -1.54. The summed E-state index contributed by atoms with van der Waals surface area (Å²) < 4.78 is 39.5. The number of amides is 1. The number of rotatable bonds is 5. The Bertz CT molecular complexity index is 408. The molecule has 0 bridgehead atoms. The van der Waals surface area contributed by atoms with Gasteiger partial charge in [-0.05, 0) is 12.1 Å². The summed E-state index contributed by atoms with van der Waals surface area (Å²) in [5.41, 5.74) is 6.16. The molecule has 7 heteroatoms. The van der Waals surface area contributed by atoms with Crippen LogP contribution in [0.2, 0.25) is 0 Å². The SMILES string of the molecule is Nc1ccccc1C(=O)NCCOCC(F)(F)F. The minimum Gasteiger partial charge on any atom is -0.398 e. The maximum absolute atomic E-state index is 11.7. The topological polar surface area (TPSA) is 64.4 Å². The fourth-order valence-corrected chi connectivity index (χ4v) is 1.22. The quantitative estimate of drug-likeness (QED) is 0.625. The van der Waals surface area contributed by atoms with Crippen LogP contribution in [0.5, 0.6) is 0 Å². The first kappa shape index (κ1) is 14.3. The number of nitrogen functional groups attached to an aromatic ring is 1. The van der Waals surface area contributed by atoms with E-state index in [1.807, 2.05) is 0 Å². The molecule has 0 aromatic heterocycles. The third-order valence-electron chi connectivity index (χ3n) is 2.00. The third kappa shape index (κ3) is 5.05. The Labute approximate surface area is 102 Å². The summed E-state index contributed by atoms with van der Waals surface area (Å²) in [5, 5.41) is 2.41. The fraction of sp³-hybridized carbons (Fsp3) is 0.364. The largest absolute Gasteiger partial charge is 0.411 e. The molecule has 0 unspecified atom stereocenters. The van der Waals surface area contributed by atoms with Crippen molar-refractivity contribution in [3.63, 3.8) is 0 Å². The van der Waals surface area contributed by atoms with Gasteiger partial charge in [0.2, 0.25) is 0 Å². The van der Waals surface area contributed by atoms with Crippen LogP contribution in [0.4, 0.5) is 18.9 Å². The van der Waals surface area contributed by atoms with Crippen molar-refractivity contribution in [2.45, 2.75) is 6.18 Å². The highest BCUT2D eigenvalue weighted by Crippen LogP contribution is 2.14. The first-order chi connectivity index (χ1) is 8.40. The van der Waals surface area contributed by atoms with Crippen molar-refractivity contribution >= 4 is 11.6 Å². The molecule has 0 aliphatic rings. The zero-order chi connectivity index (χ0) is 13.6. The molecule has 4 nitrogen and oxygen atoms in total. The molecule has 0 aliphatic carbocycles. The van der Waals surface area contributed by atoms with Gasteiger partial charge in [0.05, 0.1) is 12.2 Å². The van der Waals surface area contributed by atoms with Crippen molar-refractivity contribution < 1.29 is 22.7 Å². The molecule has 0 atom stereocenters. The van der Waals surface area contributed by atoms with Gasteiger partial charge >= 0.3 is 6.18 Å². The number of nitrogens with one attached hydrogen (secondary N) is 1. The third-order valence-corrected chi connectivity index (χ3v) is 2.00. The molecule has 0 aliphatic heterocycles. The Kier molecular flexibility index (Phi) is 4.96. The van der Waals surface area contributed by atoms with Gasteiger partial charge in [0.15, 0.2) is 0 Å². The number of nitrogens with two attached hydrogens (primary N) is 1. The van der Waals surface area contributed by atoms with E-state index in [1.54, 1.807) is 18.2 Å². The normalized spacial score (nSPS) is 11.3. The number of carbonyl (C=O) groups is 1. The van der Waals surface area contributed by atoms with Crippen LogP contribution in [-0.4, -0.2) is 31.8 Å². The number of hydrogen-bond donors (Lipinski definition) is 2. The van der Waals surface area contributed by atoms with E-state index in [2.05, 4.69) is 10.1 Å². The molecular weight excluding hydrogens is 249 g/mol. The van der Waals surface area contributed by atoms with Crippen LogP contribution >= 0.6 is 0 Å². The van der Waals surface area contributed by atoms with E-state index in [4.69, 9.17) is 5.73 Å². The zero-order valence-corrected chi connectivity index (χ0v) is 9.46. The second-order valence-corrected chi connectivity index (χ2v) is 3.51. The van der Waals surface area contributed by atoms with Crippen LogP contribution in [0.25, 0.3) is 0 Å². The highest BCUT2D eigenvalue weighted by molar-refractivity contribution is 5.98. The molecule has 1 aromatic carbocycles. The van der Waals surface area contributed by atoms with E-state index in [0.29, 0.717) is 5.69 Å². The Morgan fingerprint density at radius 3 is 2.61 bits per heavy atom. The molecule has 0 heterocycles. The first-order valence-corrected chi connectivity index (χ1v) is 5.17. The molecule has 0 saturated carbocycles. The summed E-state index contributed by atoms with van der Waals surface area (Å²) in [6, 6.07) is 6.42. The minimum absolute atomic E-state index is 0.0107. The van der Waals surface area contributed by atoms with Crippen LogP contribution < -0.4 is 11.1 Å². The van der Waals surface area contributed by atoms with Gasteiger partial charge in [-0.2, -0.15) is 13.2 Å². The van der Waals surface area contributed by atoms with E-state index in [9.17, 15) is 18.0 Å². The molecule has 0 radical (unpaired) electrons. The molecule has 1 aromatic rings. The van der Waals surface area contributed by atoms with E-state index in [1.165, 1.54) is 6.07 Å². The van der Waals surface area contributed by atoms with Crippen molar-refractivity contribution in [1.82, 2.24) is 5.32 Å².